The first-order chi connectivity index (χ1) is 6.77. The van der Waals surface area contributed by atoms with Gasteiger partial charge in [-0.1, -0.05) is 0 Å². The minimum atomic E-state index is -0.00349. The number of rotatable bonds is 5. The number of aliphatic hydroxyl groups excluding tert-OH is 2. The van der Waals surface area contributed by atoms with E-state index in [4.69, 9.17) is 15.9 Å². The molecule has 1 rings (SSSR count). The molecule has 0 amide bonds. The maximum Gasteiger partial charge on any atom is 0.149 e. The van der Waals surface area contributed by atoms with Crippen LogP contribution in [0.15, 0.2) is 12.4 Å². The van der Waals surface area contributed by atoms with E-state index >= 15 is 0 Å². The summed E-state index contributed by atoms with van der Waals surface area (Å²) in [6, 6.07) is 0. The van der Waals surface area contributed by atoms with Crippen LogP contribution in [-0.2, 0) is 0 Å². The standard InChI is InChI=1S/C8H14N4O2/c9-7-5-10-6-8(11-7)12(1-3-13)2-4-14/h5-6,13-14H,1-4H2,(H2,9,11). The molecule has 0 radical (unpaired) electrons. The van der Waals surface area contributed by atoms with Gasteiger partial charge in [-0.2, -0.15) is 0 Å². The third-order valence-electron chi connectivity index (χ3n) is 1.70. The zero-order chi connectivity index (χ0) is 10.4. The number of hydrogen-bond donors (Lipinski definition) is 3. The Morgan fingerprint density at radius 2 is 1.86 bits per heavy atom. The van der Waals surface area contributed by atoms with Crippen molar-refractivity contribution in [3.05, 3.63) is 12.4 Å². The number of nitrogens with two attached hydrogens (primary N) is 1. The zero-order valence-corrected chi connectivity index (χ0v) is 7.80. The lowest BCUT2D eigenvalue weighted by Gasteiger charge is -2.21. The van der Waals surface area contributed by atoms with Crippen molar-refractivity contribution in [2.24, 2.45) is 0 Å². The Labute approximate surface area is 82.0 Å². The van der Waals surface area contributed by atoms with Gasteiger partial charge < -0.3 is 20.8 Å². The predicted molar refractivity (Wildman–Crippen MR) is 52.8 cm³/mol. The summed E-state index contributed by atoms with van der Waals surface area (Å²) in [5, 5.41) is 17.6. The van der Waals surface area contributed by atoms with Crippen LogP contribution in [0.5, 0.6) is 0 Å². The van der Waals surface area contributed by atoms with E-state index in [1.165, 1.54) is 6.20 Å². The van der Waals surface area contributed by atoms with Crippen molar-refractivity contribution in [3.63, 3.8) is 0 Å². The van der Waals surface area contributed by atoms with Gasteiger partial charge in [-0.3, -0.25) is 4.98 Å². The van der Waals surface area contributed by atoms with Crippen LogP contribution >= 0.6 is 0 Å². The summed E-state index contributed by atoms with van der Waals surface area (Å²) in [5.41, 5.74) is 5.46. The van der Waals surface area contributed by atoms with Crippen molar-refractivity contribution >= 4 is 11.6 Å². The van der Waals surface area contributed by atoms with E-state index in [0.717, 1.165) is 0 Å². The molecule has 0 saturated carbocycles. The van der Waals surface area contributed by atoms with Crippen molar-refractivity contribution in [2.45, 2.75) is 0 Å². The van der Waals surface area contributed by atoms with Gasteiger partial charge in [0.05, 0.1) is 25.6 Å². The molecular weight excluding hydrogens is 184 g/mol. The lowest BCUT2D eigenvalue weighted by Crippen LogP contribution is -2.30. The van der Waals surface area contributed by atoms with Crippen LogP contribution in [0.25, 0.3) is 0 Å². The predicted octanol–water partition coefficient (Wildman–Crippen LogP) is -1.15. The summed E-state index contributed by atoms with van der Waals surface area (Å²) < 4.78 is 0. The van der Waals surface area contributed by atoms with Gasteiger partial charge in [0.1, 0.15) is 11.6 Å². The molecule has 14 heavy (non-hydrogen) atoms. The van der Waals surface area contributed by atoms with Crippen molar-refractivity contribution in [2.75, 3.05) is 36.9 Å². The first-order valence-electron chi connectivity index (χ1n) is 4.32. The van der Waals surface area contributed by atoms with E-state index in [2.05, 4.69) is 9.97 Å². The summed E-state index contributed by atoms with van der Waals surface area (Å²) >= 11 is 0. The summed E-state index contributed by atoms with van der Waals surface area (Å²) in [6.45, 7) is 0.796. The van der Waals surface area contributed by atoms with Crippen LogP contribution in [0, 0.1) is 0 Å². The van der Waals surface area contributed by atoms with Crippen LogP contribution in [0.1, 0.15) is 0 Å². The molecule has 0 saturated heterocycles. The van der Waals surface area contributed by atoms with Crippen molar-refractivity contribution in [1.82, 2.24) is 9.97 Å². The number of anilines is 2. The minimum absolute atomic E-state index is 0.00349. The topological polar surface area (TPSA) is 95.5 Å². The Morgan fingerprint density at radius 3 is 2.36 bits per heavy atom. The Balaban J connectivity index is 2.75. The largest absolute Gasteiger partial charge is 0.395 e. The van der Waals surface area contributed by atoms with Crippen LogP contribution in [0.3, 0.4) is 0 Å². The minimum Gasteiger partial charge on any atom is -0.395 e. The fourth-order valence-electron chi connectivity index (χ4n) is 1.10. The van der Waals surface area contributed by atoms with Crippen LogP contribution in [0.4, 0.5) is 11.6 Å². The molecule has 0 aliphatic rings. The van der Waals surface area contributed by atoms with Gasteiger partial charge in [0.2, 0.25) is 0 Å². The Morgan fingerprint density at radius 1 is 1.21 bits per heavy atom. The summed E-state index contributed by atoms with van der Waals surface area (Å²) in [6.07, 6.45) is 2.99. The van der Waals surface area contributed by atoms with E-state index in [0.29, 0.717) is 24.7 Å². The molecule has 0 unspecified atom stereocenters. The van der Waals surface area contributed by atoms with Gasteiger partial charge in [-0.25, -0.2) is 4.98 Å². The van der Waals surface area contributed by atoms with E-state index in [1.54, 1.807) is 11.1 Å². The second-order valence-corrected chi connectivity index (χ2v) is 2.74. The van der Waals surface area contributed by atoms with Crippen molar-refractivity contribution in [3.8, 4) is 0 Å². The highest BCUT2D eigenvalue weighted by molar-refractivity contribution is 5.41. The fraction of sp³-hybridized carbons (Fsp3) is 0.500. The molecule has 0 fully saturated rings. The normalized spacial score (nSPS) is 10.1. The number of aliphatic hydroxyl groups is 2. The number of nitrogen functional groups attached to an aromatic ring is 1. The second kappa shape index (κ2) is 5.36. The van der Waals surface area contributed by atoms with Gasteiger partial charge in [0, 0.05) is 13.1 Å². The quantitative estimate of drug-likeness (QED) is 0.553. The molecule has 6 heteroatoms. The lowest BCUT2D eigenvalue weighted by molar-refractivity contribution is 0.280. The first kappa shape index (κ1) is 10.7. The van der Waals surface area contributed by atoms with Gasteiger partial charge in [0.15, 0.2) is 0 Å². The maximum atomic E-state index is 8.79. The van der Waals surface area contributed by atoms with Crippen LogP contribution in [0.2, 0.25) is 0 Å². The third-order valence-corrected chi connectivity index (χ3v) is 1.70. The molecule has 6 nitrogen and oxygen atoms in total. The number of hydrogen-bond acceptors (Lipinski definition) is 6. The molecule has 0 aliphatic carbocycles. The second-order valence-electron chi connectivity index (χ2n) is 2.74. The lowest BCUT2D eigenvalue weighted by atomic mass is 10.4. The first-order valence-corrected chi connectivity index (χ1v) is 4.32. The number of aromatic nitrogens is 2. The number of nitrogens with zero attached hydrogens (tertiary/aromatic N) is 3. The molecule has 4 N–H and O–H groups in total. The van der Waals surface area contributed by atoms with Crippen molar-refractivity contribution in [1.29, 1.82) is 0 Å². The van der Waals surface area contributed by atoms with E-state index < -0.39 is 0 Å². The highest BCUT2D eigenvalue weighted by Crippen LogP contribution is 2.09. The smallest absolute Gasteiger partial charge is 0.149 e. The average molecular weight is 198 g/mol. The van der Waals surface area contributed by atoms with Crippen LogP contribution < -0.4 is 10.6 Å². The van der Waals surface area contributed by atoms with E-state index in [-0.39, 0.29) is 13.2 Å². The SMILES string of the molecule is Nc1cncc(N(CCO)CCO)n1. The Kier molecular flexibility index (Phi) is 4.09. The molecule has 0 bridgehead atoms. The molecule has 0 atom stereocenters. The summed E-state index contributed by atoms with van der Waals surface area (Å²) in [5.74, 6) is 0.886. The maximum absolute atomic E-state index is 8.79. The molecule has 1 aromatic rings. The van der Waals surface area contributed by atoms with Crippen LogP contribution in [-0.4, -0.2) is 46.5 Å². The molecule has 78 valence electrons. The highest BCUT2D eigenvalue weighted by Gasteiger charge is 2.06. The van der Waals surface area contributed by atoms with Gasteiger partial charge in [-0.15, -0.1) is 0 Å². The monoisotopic (exact) mass is 198 g/mol. The molecule has 0 aromatic carbocycles. The van der Waals surface area contributed by atoms with E-state index in [9.17, 15) is 0 Å². The fourth-order valence-corrected chi connectivity index (χ4v) is 1.10. The molecule has 0 aliphatic heterocycles. The van der Waals surface area contributed by atoms with Crippen molar-refractivity contribution < 1.29 is 10.2 Å². The molecule has 1 heterocycles. The van der Waals surface area contributed by atoms with E-state index in [1.807, 2.05) is 0 Å². The molecule has 0 spiro atoms. The third kappa shape index (κ3) is 2.82. The van der Waals surface area contributed by atoms with Gasteiger partial charge in [0.25, 0.3) is 0 Å². The Bertz CT molecular complexity index is 276. The zero-order valence-electron chi connectivity index (χ0n) is 7.80. The molecule has 1 aromatic heterocycles. The summed E-state index contributed by atoms with van der Waals surface area (Å²) in [4.78, 5) is 9.62. The average Bonchev–Trinajstić information content (AvgIpc) is 2.17. The Hall–Kier alpha value is -1.40. The molecular formula is C8H14N4O2. The highest BCUT2D eigenvalue weighted by atomic mass is 16.3. The van der Waals surface area contributed by atoms with Gasteiger partial charge >= 0.3 is 0 Å². The summed E-state index contributed by atoms with van der Waals surface area (Å²) in [7, 11) is 0. The van der Waals surface area contributed by atoms with Gasteiger partial charge in [-0.05, 0) is 0 Å².